The van der Waals surface area contributed by atoms with E-state index in [2.05, 4.69) is 58.4 Å². The van der Waals surface area contributed by atoms with Crippen molar-refractivity contribution in [2.24, 2.45) is 11.8 Å². The highest BCUT2D eigenvalue weighted by molar-refractivity contribution is 4.93. The molecule has 8 heterocycles. The van der Waals surface area contributed by atoms with Crippen LogP contribution in [0.2, 0.25) is 0 Å². The molecule has 8 aliphatic heterocycles. The number of piperidine rings is 4. The van der Waals surface area contributed by atoms with E-state index in [0.29, 0.717) is 0 Å². The largest absolute Gasteiger partial charge is 0.312 e. The van der Waals surface area contributed by atoms with Gasteiger partial charge in [-0.2, -0.15) is 0 Å². The fraction of sp³-hybridized carbons (Fsp3) is 1.00. The summed E-state index contributed by atoms with van der Waals surface area (Å²) in [5.74, 6) is 2.05. The highest BCUT2D eigenvalue weighted by atomic mass is 15.2. The third-order valence-corrected chi connectivity index (χ3v) is 11.6. The van der Waals surface area contributed by atoms with E-state index in [1.165, 1.54) is 123 Å². The molecule has 1 saturated carbocycles. The molecular weight excluding hydrogens is 456 g/mol. The molecular formula is C31H60N6. The Bertz CT molecular complexity index is 661. The van der Waals surface area contributed by atoms with Gasteiger partial charge in [0.2, 0.25) is 0 Å². The summed E-state index contributed by atoms with van der Waals surface area (Å²) in [5.41, 5.74) is 0. The summed E-state index contributed by atoms with van der Waals surface area (Å²) in [5, 5.41) is 7.09. The van der Waals surface area contributed by atoms with Gasteiger partial charge < -0.3 is 30.2 Å². The lowest BCUT2D eigenvalue weighted by molar-refractivity contribution is 0.0727. The molecule has 0 aromatic heterocycles. The zero-order valence-corrected chi connectivity index (χ0v) is 24.8. The lowest BCUT2D eigenvalue weighted by Gasteiger charge is -2.43. The number of fused-ring (bicyclic) bond motifs is 7. The first-order valence-corrected chi connectivity index (χ1v) is 16.3. The molecule has 2 N–H and O–H groups in total. The van der Waals surface area contributed by atoms with Crippen LogP contribution in [-0.2, 0) is 0 Å². The number of hydrogen-bond acceptors (Lipinski definition) is 6. The number of likely N-dealkylation sites (tertiary alicyclic amines) is 2. The Kier molecular flexibility index (Phi) is 10.3. The second-order valence-electron chi connectivity index (χ2n) is 13.9. The van der Waals surface area contributed by atoms with Gasteiger partial charge in [0.25, 0.3) is 0 Å². The van der Waals surface area contributed by atoms with Crippen LogP contribution >= 0.6 is 0 Å². The number of rotatable bonds is 0. The van der Waals surface area contributed by atoms with Crippen LogP contribution in [0.15, 0.2) is 0 Å². The predicted molar refractivity (Wildman–Crippen MR) is 156 cm³/mol. The fourth-order valence-corrected chi connectivity index (χ4v) is 8.99. The average Bonchev–Trinajstić information content (AvgIpc) is 3.72. The average molecular weight is 517 g/mol. The first-order chi connectivity index (χ1) is 18.0. The van der Waals surface area contributed by atoms with Gasteiger partial charge in [0, 0.05) is 49.3 Å². The van der Waals surface area contributed by atoms with Gasteiger partial charge in [-0.3, -0.25) is 0 Å². The van der Waals surface area contributed by atoms with Gasteiger partial charge in [-0.25, -0.2) is 0 Å². The summed E-state index contributed by atoms with van der Waals surface area (Å²) in [4.78, 5) is 10.0. The van der Waals surface area contributed by atoms with Crippen molar-refractivity contribution in [3.05, 3.63) is 0 Å². The Labute approximate surface area is 229 Å². The van der Waals surface area contributed by atoms with Crippen molar-refractivity contribution in [2.75, 3.05) is 67.5 Å². The van der Waals surface area contributed by atoms with Crippen molar-refractivity contribution in [3.63, 3.8) is 0 Å². The third kappa shape index (κ3) is 7.29. The third-order valence-electron chi connectivity index (χ3n) is 11.6. The molecule has 0 aromatic carbocycles. The van der Waals surface area contributed by atoms with Crippen LogP contribution in [0.3, 0.4) is 0 Å². The van der Waals surface area contributed by atoms with Gasteiger partial charge in [-0.05, 0) is 150 Å². The lowest BCUT2D eigenvalue weighted by atomic mass is 9.80. The highest BCUT2D eigenvalue weighted by Crippen LogP contribution is 2.35. The minimum atomic E-state index is 0.818. The van der Waals surface area contributed by atoms with Crippen molar-refractivity contribution in [1.29, 1.82) is 0 Å². The molecule has 9 fully saturated rings. The van der Waals surface area contributed by atoms with E-state index in [1.54, 1.807) is 0 Å². The van der Waals surface area contributed by atoms with Crippen molar-refractivity contribution in [2.45, 2.75) is 120 Å². The van der Waals surface area contributed by atoms with E-state index < -0.39 is 0 Å². The summed E-state index contributed by atoms with van der Waals surface area (Å²) < 4.78 is 0. The van der Waals surface area contributed by atoms with Gasteiger partial charge in [0.1, 0.15) is 0 Å². The summed E-state index contributed by atoms with van der Waals surface area (Å²) >= 11 is 0. The molecule has 0 radical (unpaired) electrons. The van der Waals surface area contributed by atoms with Crippen molar-refractivity contribution in [1.82, 2.24) is 30.2 Å². The summed E-state index contributed by atoms with van der Waals surface area (Å²) in [6.45, 7) is 7.75. The highest BCUT2D eigenvalue weighted by Gasteiger charge is 2.36. The lowest BCUT2D eigenvalue weighted by Crippen LogP contribution is -2.46. The molecule has 4 atom stereocenters. The number of likely N-dealkylation sites (N-methyl/N-ethyl adjacent to an activating group) is 2. The standard InChI is InChI=1S/2C8H16N2.C8H15N.C7H13N/c1-10-5-3-7-2-4-9-8(7)6-10;1-10-6-2-3-7-8(10)4-5-9-7;1-9-6-7-2-4-8(9)5-3-7;1-8-6-2-3-7(8)5-4-6/h2*7-9H,2-6H2,1H3;7-8H,2-6H2,1H3;6-7H,2-5H2,1H3. The van der Waals surface area contributed by atoms with Gasteiger partial charge in [-0.15, -0.1) is 0 Å². The monoisotopic (exact) mass is 516 g/mol. The zero-order chi connectivity index (χ0) is 25.8. The van der Waals surface area contributed by atoms with Crippen LogP contribution < -0.4 is 10.6 Å². The molecule has 0 aromatic rings. The number of hydrogen-bond donors (Lipinski definition) is 2. The Morgan fingerprint density at radius 1 is 0.541 bits per heavy atom. The molecule has 4 bridgehead atoms. The molecule has 4 unspecified atom stereocenters. The van der Waals surface area contributed by atoms with Gasteiger partial charge >= 0.3 is 0 Å². The maximum atomic E-state index is 3.55. The minimum Gasteiger partial charge on any atom is -0.312 e. The molecule has 6 heteroatoms. The molecule has 8 saturated heterocycles. The maximum absolute atomic E-state index is 3.55. The summed E-state index contributed by atoms with van der Waals surface area (Å²) in [7, 11) is 9.02. The van der Waals surface area contributed by atoms with Crippen LogP contribution in [0.4, 0.5) is 0 Å². The van der Waals surface area contributed by atoms with E-state index in [4.69, 9.17) is 0 Å². The normalized spacial score (nSPS) is 43.1. The van der Waals surface area contributed by atoms with E-state index in [-0.39, 0.29) is 0 Å². The van der Waals surface area contributed by atoms with Crippen LogP contribution in [0.25, 0.3) is 0 Å². The van der Waals surface area contributed by atoms with Crippen molar-refractivity contribution in [3.8, 4) is 0 Å². The first kappa shape index (κ1) is 28.3. The van der Waals surface area contributed by atoms with Crippen LogP contribution in [0.5, 0.6) is 0 Å². The van der Waals surface area contributed by atoms with Crippen LogP contribution in [0.1, 0.15) is 83.5 Å². The number of nitrogens with zero attached hydrogens (tertiary/aromatic N) is 4. The fourth-order valence-electron chi connectivity index (χ4n) is 8.99. The van der Waals surface area contributed by atoms with Crippen LogP contribution in [0, 0.1) is 11.8 Å². The van der Waals surface area contributed by atoms with Gasteiger partial charge in [0.15, 0.2) is 0 Å². The van der Waals surface area contributed by atoms with Gasteiger partial charge in [0.05, 0.1) is 0 Å². The molecule has 37 heavy (non-hydrogen) atoms. The Morgan fingerprint density at radius 2 is 1.19 bits per heavy atom. The molecule has 9 rings (SSSR count). The Morgan fingerprint density at radius 3 is 1.73 bits per heavy atom. The van der Waals surface area contributed by atoms with E-state index in [9.17, 15) is 0 Å². The molecule has 0 spiro atoms. The second kappa shape index (κ2) is 13.4. The van der Waals surface area contributed by atoms with Crippen molar-refractivity contribution < 1.29 is 0 Å². The van der Waals surface area contributed by atoms with Crippen molar-refractivity contribution >= 4 is 0 Å². The molecule has 214 valence electrons. The minimum absolute atomic E-state index is 0.818. The first-order valence-electron chi connectivity index (χ1n) is 16.3. The van der Waals surface area contributed by atoms with E-state index in [0.717, 1.165) is 48.1 Å². The van der Waals surface area contributed by atoms with Crippen LogP contribution in [-0.4, -0.2) is 123 Å². The molecule has 6 nitrogen and oxygen atoms in total. The van der Waals surface area contributed by atoms with E-state index in [1.807, 2.05) is 0 Å². The molecule has 9 aliphatic rings. The summed E-state index contributed by atoms with van der Waals surface area (Å²) in [6.07, 6.45) is 18.8. The SMILES string of the molecule is CN1C2CCC1CC2.CN1CC2CCC1CC2.CN1CCC2CCNC2C1.CN1CCCC2NCCC21. The summed E-state index contributed by atoms with van der Waals surface area (Å²) in [6, 6.07) is 5.39. The second-order valence-corrected chi connectivity index (χ2v) is 13.9. The topological polar surface area (TPSA) is 37.0 Å². The molecule has 0 amide bonds. The van der Waals surface area contributed by atoms with E-state index >= 15 is 0 Å². The quantitative estimate of drug-likeness (QED) is 0.514. The smallest absolute Gasteiger partial charge is 0.0258 e. The Hall–Kier alpha value is -0.240. The zero-order valence-electron chi connectivity index (χ0n) is 24.8. The maximum Gasteiger partial charge on any atom is 0.0258 e. The number of nitrogens with one attached hydrogen (secondary N) is 2. The Balaban J connectivity index is 0.000000101. The molecule has 1 aliphatic carbocycles. The van der Waals surface area contributed by atoms with Gasteiger partial charge in [-0.1, -0.05) is 0 Å². The predicted octanol–water partition coefficient (Wildman–Crippen LogP) is 3.48.